The third-order valence-electron chi connectivity index (χ3n) is 2.96. The molecule has 1 atom stereocenters. The Labute approximate surface area is 118 Å². The number of sulfone groups is 1. The van der Waals surface area contributed by atoms with Crippen LogP contribution in [0.5, 0.6) is 0 Å². The van der Waals surface area contributed by atoms with E-state index in [1.165, 1.54) is 5.56 Å². The van der Waals surface area contributed by atoms with E-state index in [0.717, 1.165) is 11.7 Å². The molecule has 0 bridgehead atoms. The van der Waals surface area contributed by atoms with Gasteiger partial charge in [-0.2, -0.15) is 0 Å². The van der Waals surface area contributed by atoms with E-state index < -0.39 is 9.84 Å². The third-order valence-corrected chi connectivity index (χ3v) is 5.86. The highest BCUT2D eigenvalue weighted by molar-refractivity contribution is 8.14. The number of benzene rings is 1. The molecule has 1 aromatic carbocycles. The van der Waals surface area contributed by atoms with Crippen LogP contribution in [0.25, 0.3) is 0 Å². The molecule has 0 saturated carbocycles. The van der Waals surface area contributed by atoms with Crippen molar-refractivity contribution in [2.45, 2.75) is 12.2 Å². The lowest BCUT2D eigenvalue weighted by Crippen LogP contribution is -2.27. The molecule has 0 aromatic heterocycles. The van der Waals surface area contributed by atoms with Crippen LogP contribution in [0, 0.1) is 0 Å². The van der Waals surface area contributed by atoms with E-state index in [-0.39, 0.29) is 11.5 Å². The first-order valence-electron chi connectivity index (χ1n) is 6.31. The Kier molecular flexibility index (Phi) is 4.87. The van der Waals surface area contributed by atoms with Crippen LogP contribution in [0.15, 0.2) is 35.3 Å². The predicted molar refractivity (Wildman–Crippen MR) is 81.4 cm³/mol. The highest BCUT2D eigenvalue weighted by atomic mass is 32.2. The van der Waals surface area contributed by atoms with Gasteiger partial charge in [0.25, 0.3) is 0 Å². The first-order valence-corrected chi connectivity index (χ1v) is 9.01. The molecule has 0 saturated heterocycles. The quantitative estimate of drug-likeness (QED) is 0.901. The van der Waals surface area contributed by atoms with E-state index in [1.54, 1.807) is 18.7 Å². The molecule has 0 fully saturated rings. The summed E-state index contributed by atoms with van der Waals surface area (Å²) in [5, 5.41) is 4.29. The first kappa shape index (κ1) is 14.4. The summed E-state index contributed by atoms with van der Waals surface area (Å²) in [7, 11) is -2.90. The van der Waals surface area contributed by atoms with Crippen molar-refractivity contribution in [1.29, 1.82) is 0 Å². The summed E-state index contributed by atoms with van der Waals surface area (Å²) in [5.74, 6) is 0.361. The van der Waals surface area contributed by atoms with Crippen molar-refractivity contribution in [1.82, 2.24) is 5.32 Å². The van der Waals surface area contributed by atoms with Gasteiger partial charge in [-0.1, -0.05) is 49.0 Å². The summed E-state index contributed by atoms with van der Waals surface area (Å²) in [4.78, 5) is 4.41. The SMILES string of the molecule is CCS(=O)(=O)CCNC1=NCC(c2ccccc2)S1. The smallest absolute Gasteiger partial charge is 0.157 e. The molecule has 1 aliphatic rings. The molecule has 6 heteroatoms. The van der Waals surface area contributed by atoms with Crippen molar-refractivity contribution >= 4 is 26.8 Å². The topological polar surface area (TPSA) is 58.5 Å². The van der Waals surface area contributed by atoms with Crippen molar-refractivity contribution in [3.8, 4) is 0 Å². The van der Waals surface area contributed by atoms with Crippen LogP contribution in [0.2, 0.25) is 0 Å². The molecule has 1 N–H and O–H groups in total. The van der Waals surface area contributed by atoms with Gasteiger partial charge in [0.15, 0.2) is 15.0 Å². The zero-order valence-electron chi connectivity index (χ0n) is 10.9. The van der Waals surface area contributed by atoms with Crippen molar-refractivity contribution < 1.29 is 8.42 Å². The summed E-state index contributed by atoms with van der Waals surface area (Å²) in [5.41, 5.74) is 1.26. The van der Waals surface area contributed by atoms with Crippen LogP contribution in [0.4, 0.5) is 0 Å². The second-order valence-corrected chi connectivity index (χ2v) is 7.99. The molecular weight excluding hydrogens is 280 g/mol. The Bertz CT molecular complexity index is 541. The van der Waals surface area contributed by atoms with E-state index in [0.29, 0.717) is 11.8 Å². The van der Waals surface area contributed by atoms with Gasteiger partial charge >= 0.3 is 0 Å². The normalized spacial score (nSPS) is 19.2. The molecule has 4 nitrogen and oxygen atoms in total. The van der Waals surface area contributed by atoms with E-state index in [4.69, 9.17) is 0 Å². The number of amidine groups is 1. The van der Waals surface area contributed by atoms with Crippen LogP contribution in [-0.4, -0.2) is 38.2 Å². The zero-order valence-corrected chi connectivity index (χ0v) is 12.5. The summed E-state index contributed by atoms with van der Waals surface area (Å²) >= 11 is 1.67. The van der Waals surface area contributed by atoms with Gasteiger partial charge in [-0.25, -0.2) is 8.42 Å². The third kappa shape index (κ3) is 4.24. The number of nitrogens with zero attached hydrogens (tertiary/aromatic N) is 1. The van der Waals surface area contributed by atoms with Crippen LogP contribution >= 0.6 is 11.8 Å². The average molecular weight is 298 g/mol. The van der Waals surface area contributed by atoms with Crippen molar-refractivity contribution in [3.05, 3.63) is 35.9 Å². The Morgan fingerprint density at radius 1 is 1.37 bits per heavy atom. The molecule has 2 rings (SSSR count). The maximum absolute atomic E-state index is 11.4. The van der Waals surface area contributed by atoms with Crippen LogP contribution in [0.1, 0.15) is 17.7 Å². The van der Waals surface area contributed by atoms with E-state index in [9.17, 15) is 8.42 Å². The molecular formula is C13H18N2O2S2. The molecule has 0 spiro atoms. The van der Waals surface area contributed by atoms with Crippen LogP contribution in [0.3, 0.4) is 0 Å². The van der Waals surface area contributed by atoms with Gasteiger partial charge in [-0.15, -0.1) is 0 Å². The van der Waals surface area contributed by atoms with E-state index in [1.807, 2.05) is 18.2 Å². The first-order chi connectivity index (χ1) is 9.11. The Morgan fingerprint density at radius 3 is 2.79 bits per heavy atom. The monoisotopic (exact) mass is 298 g/mol. The number of hydrogen-bond donors (Lipinski definition) is 1. The molecule has 104 valence electrons. The largest absolute Gasteiger partial charge is 0.364 e. The zero-order chi connectivity index (χ0) is 13.7. The molecule has 0 aliphatic carbocycles. The van der Waals surface area contributed by atoms with Gasteiger partial charge in [0.2, 0.25) is 0 Å². The minimum Gasteiger partial charge on any atom is -0.364 e. The van der Waals surface area contributed by atoms with Gasteiger partial charge in [-0.3, -0.25) is 4.99 Å². The summed E-state index contributed by atoms with van der Waals surface area (Å²) < 4.78 is 22.7. The summed E-state index contributed by atoms with van der Waals surface area (Å²) in [6.45, 7) is 2.85. The van der Waals surface area contributed by atoms with E-state index >= 15 is 0 Å². The van der Waals surface area contributed by atoms with Gasteiger partial charge < -0.3 is 5.32 Å². The number of rotatable bonds is 5. The maximum Gasteiger partial charge on any atom is 0.157 e. The Hall–Kier alpha value is -1.01. The highest BCUT2D eigenvalue weighted by Crippen LogP contribution is 2.33. The fourth-order valence-corrected chi connectivity index (χ4v) is 3.52. The lowest BCUT2D eigenvalue weighted by molar-refractivity contribution is 0.596. The van der Waals surface area contributed by atoms with Crippen molar-refractivity contribution in [2.24, 2.45) is 4.99 Å². The molecule has 1 unspecified atom stereocenters. The van der Waals surface area contributed by atoms with Gasteiger partial charge in [0.1, 0.15) is 0 Å². The number of nitrogens with one attached hydrogen (secondary N) is 1. The minimum absolute atomic E-state index is 0.166. The van der Waals surface area contributed by atoms with Crippen LogP contribution < -0.4 is 5.32 Å². The second kappa shape index (κ2) is 6.43. The fourth-order valence-electron chi connectivity index (χ4n) is 1.77. The van der Waals surface area contributed by atoms with E-state index in [2.05, 4.69) is 22.4 Å². The Balaban J connectivity index is 1.80. The highest BCUT2D eigenvalue weighted by Gasteiger charge is 2.21. The lowest BCUT2D eigenvalue weighted by atomic mass is 10.1. The van der Waals surface area contributed by atoms with Crippen LogP contribution in [-0.2, 0) is 9.84 Å². The molecule has 0 amide bonds. The summed E-state index contributed by atoms with van der Waals surface area (Å²) in [6, 6.07) is 10.2. The van der Waals surface area contributed by atoms with Crippen molar-refractivity contribution in [2.75, 3.05) is 24.6 Å². The molecule has 19 heavy (non-hydrogen) atoms. The molecule has 0 radical (unpaired) electrons. The number of thioether (sulfide) groups is 1. The molecule has 1 aliphatic heterocycles. The minimum atomic E-state index is -2.90. The predicted octanol–water partition coefficient (Wildman–Crippen LogP) is 1.85. The van der Waals surface area contributed by atoms with Gasteiger partial charge in [0, 0.05) is 12.3 Å². The van der Waals surface area contributed by atoms with Gasteiger partial charge in [0.05, 0.1) is 17.5 Å². The second-order valence-electron chi connectivity index (χ2n) is 4.33. The summed E-state index contributed by atoms with van der Waals surface area (Å²) in [6.07, 6.45) is 0. The average Bonchev–Trinajstić information content (AvgIpc) is 2.88. The Morgan fingerprint density at radius 2 is 2.11 bits per heavy atom. The van der Waals surface area contributed by atoms with Gasteiger partial charge in [-0.05, 0) is 5.56 Å². The molecule has 1 heterocycles. The lowest BCUT2D eigenvalue weighted by Gasteiger charge is -2.09. The maximum atomic E-state index is 11.4. The van der Waals surface area contributed by atoms with Crippen molar-refractivity contribution in [3.63, 3.8) is 0 Å². The molecule has 1 aromatic rings. The fraction of sp³-hybridized carbons (Fsp3) is 0.462. The standard InChI is InChI=1S/C13H18N2O2S2/c1-2-19(16,17)9-8-14-13-15-10-12(18-13)11-6-4-3-5-7-11/h3-7,12H,2,8-10H2,1H3,(H,14,15). The number of aliphatic imine (C=N–C) groups is 1. The number of hydrogen-bond acceptors (Lipinski definition) is 5.